The number of hydrogen-bond donors (Lipinski definition) is 3. The van der Waals surface area contributed by atoms with Gasteiger partial charge in [-0.15, -0.1) is 0 Å². The first kappa shape index (κ1) is 19.0. The first-order chi connectivity index (χ1) is 11.1. The Morgan fingerprint density at radius 2 is 1.83 bits per heavy atom. The molecule has 0 spiro atoms. The van der Waals surface area contributed by atoms with Crippen LogP contribution in [0.15, 0.2) is 29.3 Å². The molecule has 0 heterocycles. The van der Waals surface area contributed by atoms with Crippen LogP contribution in [0.5, 0.6) is 0 Å². The van der Waals surface area contributed by atoms with Gasteiger partial charge in [0.05, 0.1) is 0 Å². The quantitative estimate of drug-likeness (QED) is 0.392. The zero-order chi connectivity index (χ0) is 17.1. The number of unbranched alkanes of at least 4 members (excludes halogenated alkanes) is 2. The molecular formula is C18H30N4O. The summed E-state index contributed by atoms with van der Waals surface area (Å²) in [7, 11) is 1.78. The summed E-state index contributed by atoms with van der Waals surface area (Å²) in [5, 5.41) is 9.49. The molecule has 0 aliphatic rings. The van der Waals surface area contributed by atoms with Crippen LogP contribution < -0.4 is 16.0 Å². The van der Waals surface area contributed by atoms with Gasteiger partial charge in [-0.3, -0.25) is 9.79 Å². The van der Waals surface area contributed by atoms with Gasteiger partial charge in [-0.2, -0.15) is 0 Å². The molecule has 0 saturated carbocycles. The minimum Gasteiger partial charge on any atom is -0.356 e. The Kier molecular flexibility index (Phi) is 8.80. The SMILES string of the molecule is CCCCCNC(=NC)NCc1ccc(NC(=O)C(C)C)cc1. The van der Waals surface area contributed by atoms with E-state index in [0.29, 0.717) is 6.54 Å². The molecule has 1 rings (SSSR count). The van der Waals surface area contributed by atoms with Gasteiger partial charge < -0.3 is 16.0 Å². The van der Waals surface area contributed by atoms with Gasteiger partial charge >= 0.3 is 0 Å². The van der Waals surface area contributed by atoms with Crippen molar-refractivity contribution in [1.29, 1.82) is 0 Å². The maximum Gasteiger partial charge on any atom is 0.226 e. The molecule has 5 nitrogen and oxygen atoms in total. The van der Waals surface area contributed by atoms with Crippen molar-refractivity contribution in [2.75, 3.05) is 18.9 Å². The Morgan fingerprint density at radius 3 is 2.39 bits per heavy atom. The van der Waals surface area contributed by atoms with E-state index in [1.54, 1.807) is 7.05 Å². The Morgan fingerprint density at radius 1 is 1.13 bits per heavy atom. The van der Waals surface area contributed by atoms with E-state index in [9.17, 15) is 4.79 Å². The monoisotopic (exact) mass is 318 g/mol. The fourth-order valence-corrected chi connectivity index (χ4v) is 1.98. The predicted molar refractivity (Wildman–Crippen MR) is 97.6 cm³/mol. The van der Waals surface area contributed by atoms with E-state index in [-0.39, 0.29) is 11.8 Å². The van der Waals surface area contributed by atoms with E-state index in [4.69, 9.17) is 0 Å². The van der Waals surface area contributed by atoms with Crippen LogP contribution in [0.2, 0.25) is 0 Å². The molecule has 0 aliphatic carbocycles. The largest absolute Gasteiger partial charge is 0.356 e. The van der Waals surface area contributed by atoms with Crippen LogP contribution in [-0.2, 0) is 11.3 Å². The Balaban J connectivity index is 2.40. The Bertz CT molecular complexity index is 494. The van der Waals surface area contributed by atoms with Crippen molar-refractivity contribution in [2.45, 2.75) is 46.6 Å². The van der Waals surface area contributed by atoms with Crippen LogP contribution >= 0.6 is 0 Å². The maximum absolute atomic E-state index is 11.7. The van der Waals surface area contributed by atoms with Crippen LogP contribution in [-0.4, -0.2) is 25.5 Å². The molecule has 0 atom stereocenters. The molecule has 23 heavy (non-hydrogen) atoms. The predicted octanol–water partition coefficient (Wildman–Crippen LogP) is 3.14. The summed E-state index contributed by atoms with van der Waals surface area (Å²) in [6, 6.07) is 7.87. The van der Waals surface area contributed by atoms with E-state index < -0.39 is 0 Å². The Labute approximate surface area is 140 Å². The van der Waals surface area contributed by atoms with Crippen molar-refractivity contribution >= 4 is 17.6 Å². The maximum atomic E-state index is 11.7. The Hall–Kier alpha value is -2.04. The molecule has 0 aliphatic heterocycles. The summed E-state index contributed by atoms with van der Waals surface area (Å²) < 4.78 is 0. The molecule has 1 aromatic rings. The van der Waals surface area contributed by atoms with Crippen molar-refractivity contribution < 1.29 is 4.79 Å². The van der Waals surface area contributed by atoms with Gasteiger partial charge in [0, 0.05) is 31.7 Å². The van der Waals surface area contributed by atoms with Crippen molar-refractivity contribution in [3.05, 3.63) is 29.8 Å². The van der Waals surface area contributed by atoms with Crippen LogP contribution in [0.1, 0.15) is 45.6 Å². The number of carbonyl (C=O) groups is 1. The number of amides is 1. The average molecular weight is 318 g/mol. The molecule has 0 unspecified atom stereocenters. The van der Waals surface area contributed by atoms with E-state index >= 15 is 0 Å². The lowest BCUT2D eigenvalue weighted by molar-refractivity contribution is -0.118. The summed E-state index contributed by atoms with van der Waals surface area (Å²) in [5.74, 6) is 0.837. The highest BCUT2D eigenvalue weighted by molar-refractivity contribution is 5.92. The van der Waals surface area contributed by atoms with Gasteiger partial charge in [0.1, 0.15) is 0 Å². The molecule has 0 saturated heterocycles. The summed E-state index contributed by atoms with van der Waals surface area (Å²) in [6.07, 6.45) is 3.60. The number of nitrogens with zero attached hydrogens (tertiary/aromatic N) is 1. The highest BCUT2D eigenvalue weighted by Gasteiger charge is 2.06. The second-order valence-electron chi connectivity index (χ2n) is 5.90. The topological polar surface area (TPSA) is 65.5 Å². The lowest BCUT2D eigenvalue weighted by Gasteiger charge is -2.12. The fraction of sp³-hybridized carbons (Fsp3) is 0.556. The van der Waals surface area contributed by atoms with Crippen LogP contribution in [0, 0.1) is 5.92 Å². The summed E-state index contributed by atoms with van der Waals surface area (Å²) in [6.45, 7) is 7.60. The van der Waals surface area contributed by atoms with Crippen LogP contribution in [0.4, 0.5) is 5.69 Å². The van der Waals surface area contributed by atoms with E-state index in [1.165, 1.54) is 12.8 Å². The van der Waals surface area contributed by atoms with Gasteiger partial charge in [0.15, 0.2) is 5.96 Å². The molecule has 1 aromatic carbocycles. The van der Waals surface area contributed by atoms with Crippen molar-refractivity contribution in [1.82, 2.24) is 10.6 Å². The number of aliphatic imine (C=N–C) groups is 1. The number of benzene rings is 1. The summed E-state index contributed by atoms with van der Waals surface area (Å²) in [5.41, 5.74) is 1.97. The van der Waals surface area contributed by atoms with Gasteiger partial charge in [-0.1, -0.05) is 45.7 Å². The summed E-state index contributed by atoms with van der Waals surface area (Å²) in [4.78, 5) is 15.9. The molecule has 0 bridgehead atoms. The lowest BCUT2D eigenvalue weighted by Crippen LogP contribution is -2.37. The van der Waals surface area contributed by atoms with E-state index in [0.717, 1.165) is 30.2 Å². The van der Waals surface area contributed by atoms with Crippen LogP contribution in [0.25, 0.3) is 0 Å². The molecule has 1 amide bonds. The van der Waals surface area contributed by atoms with Crippen molar-refractivity contribution in [3.63, 3.8) is 0 Å². The van der Waals surface area contributed by atoms with E-state index in [2.05, 4.69) is 27.9 Å². The third-order valence-corrected chi connectivity index (χ3v) is 3.50. The van der Waals surface area contributed by atoms with Gasteiger partial charge in [0.25, 0.3) is 0 Å². The zero-order valence-electron chi connectivity index (χ0n) is 14.8. The highest BCUT2D eigenvalue weighted by Crippen LogP contribution is 2.10. The molecule has 5 heteroatoms. The van der Waals surface area contributed by atoms with Gasteiger partial charge in [0.2, 0.25) is 5.91 Å². The van der Waals surface area contributed by atoms with Gasteiger partial charge in [-0.05, 0) is 24.1 Å². The first-order valence-corrected chi connectivity index (χ1v) is 8.41. The number of hydrogen-bond acceptors (Lipinski definition) is 2. The minimum absolute atomic E-state index is 0.0153. The number of guanidine groups is 1. The smallest absolute Gasteiger partial charge is 0.226 e. The number of nitrogens with one attached hydrogen (secondary N) is 3. The van der Waals surface area contributed by atoms with Crippen molar-refractivity contribution in [3.8, 4) is 0 Å². The summed E-state index contributed by atoms with van der Waals surface area (Å²) >= 11 is 0. The highest BCUT2D eigenvalue weighted by atomic mass is 16.1. The second-order valence-corrected chi connectivity index (χ2v) is 5.90. The minimum atomic E-state index is -0.0153. The molecule has 3 N–H and O–H groups in total. The molecule has 128 valence electrons. The zero-order valence-corrected chi connectivity index (χ0v) is 14.8. The van der Waals surface area contributed by atoms with Crippen molar-refractivity contribution in [2.24, 2.45) is 10.9 Å². The normalized spacial score (nSPS) is 11.4. The average Bonchev–Trinajstić information content (AvgIpc) is 2.55. The standard InChI is InChI=1S/C18H30N4O/c1-5-6-7-12-20-18(19-4)21-13-15-8-10-16(11-9-15)22-17(23)14(2)3/h8-11,14H,5-7,12-13H2,1-4H3,(H,22,23)(H2,19,20,21). The molecule has 0 radical (unpaired) electrons. The van der Waals surface area contributed by atoms with E-state index in [1.807, 2.05) is 38.1 Å². The lowest BCUT2D eigenvalue weighted by atomic mass is 10.1. The van der Waals surface area contributed by atoms with Crippen LogP contribution in [0.3, 0.4) is 0 Å². The molecule has 0 fully saturated rings. The van der Waals surface area contributed by atoms with Gasteiger partial charge in [-0.25, -0.2) is 0 Å². The fourth-order valence-electron chi connectivity index (χ4n) is 1.98. The second kappa shape index (κ2) is 10.6. The third kappa shape index (κ3) is 7.68. The molecular weight excluding hydrogens is 288 g/mol. The number of anilines is 1. The first-order valence-electron chi connectivity index (χ1n) is 8.41. The number of rotatable bonds is 8. The molecule has 0 aromatic heterocycles. The third-order valence-electron chi connectivity index (χ3n) is 3.50. The number of carbonyl (C=O) groups excluding carboxylic acids is 1.